The summed E-state index contributed by atoms with van der Waals surface area (Å²) >= 11 is 0. The maximum absolute atomic E-state index is 12.3. The molecule has 4 rings (SSSR count). The summed E-state index contributed by atoms with van der Waals surface area (Å²) in [5.74, 6) is -4.07. The molecule has 12 nitrogen and oxygen atoms in total. The number of hydrogen-bond acceptors (Lipinski definition) is 12. The van der Waals surface area contributed by atoms with Crippen molar-refractivity contribution in [3.8, 4) is 0 Å². The minimum atomic E-state index is -1.77. The van der Waals surface area contributed by atoms with Crippen molar-refractivity contribution < 1.29 is 57.4 Å². The van der Waals surface area contributed by atoms with Gasteiger partial charge in [-0.05, 0) is 38.7 Å². The summed E-state index contributed by atoms with van der Waals surface area (Å²) in [5.41, 5.74) is -1.09. The van der Waals surface area contributed by atoms with Crippen LogP contribution in [0.3, 0.4) is 0 Å². The number of carbonyl (C=O) groups is 4. The van der Waals surface area contributed by atoms with Gasteiger partial charge in [0.05, 0.1) is 24.9 Å². The molecule has 3 fully saturated rings. The molecule has 4 aliphatic rings. The molecule has 0 aromatic heterocycles. The van der Waals surface area contributed by atoms with Crippen LogP contribution >= 0.6 is 0 Å². The van der Waals surface area contributed by atoms with Gasteiger partial charge in [0.25, 0.3) is 0 Å². The molecule has 222 valence electrons. The third-order valence-electron chi connectivity index (χ3n) is 7.69. The van der Waals surface area contributed by atoms with Gasteiger partial charge in [0.1, 0.15) is 23.9 Å². The van der Waals surface area contributed by atoms with Gasteiger partial charge in [-0.25, -0.2) is 0 Å². The molecule has 0 bridgehead atoms. The Morgan fingerprint density at radius 3 is 2.27 bits per heavy atom. The van der Waals surface area contributed by atoms with Crippen LogP contribution in [0.15, 0.2) is 23.5 Å². The molecule has 1 aliphatic carbocycles. The number of esters is 4. The lowest BCUT2D eigenvalue weighted by Gasteiger charge is -2.47. The fraction of sp³-hybridized carbons (Fsp3) is 0.714. The Morgan fingerprint density at radius 1 is 1.05 bits per heavy atom. The van der Waals surface area contributed by atoms with Gasteiger partial charge < -0.3 is 38.3 Å². The summed E-state index contributed by atoms with van der Waals surface area (Å²) in [5, 5.41) is 12.2. The van der Waals surface area contributed by atoms with E-state index >= 15 is 0 Å². The Balaban J connectivity index is 1.84. The highest BCUT2D eigenvalue weighted by molar-refractivity contribution is 5.68. The largest absolute Gasteiger partial charge is 0.463 e. The molecule has 9 atom stereocenters. The first kappa shape index (κ1) is 30.0. The normalized spacial score (nSPS) is 35.4. The van der Waals surface area contributed by atoms with Gasteiger partial charge in [-0.15, -0.1) is 0 Å². The first-order valence-corrected chi connectivity index (χ1v) is 13.4. The predicted molar refractivity (Wildman–Crippen MR) is 135 cm³/mol. The highest BCUT2D eigenvalue weighted by atomic mass is 16.7. The van der Waals surface area contributed by atoms with Crippen molar-refractivity contribution in [1.82, 2.24) is 0 Å². The second-order valence-electron chi connectivity index (χ2n) is 11.3. The van der Waals surface area contributed by atoms with Crippen molar-refractivity contribution >= 4 is 23.9 Å². The molecule has 9 unspecified atom stereocenters. The molecule has 40 heavy (non-hydrogen) atoms. The zero-order valence-corrected chi connectivity index (χ0v) is 23.7. The fourth-order valence-corrected chi connectivity index (χ4v) is 6.01. The van der Waals surface area contributed by atoms with Crippen LogP contribution in [-0.4, -0.2) is 84.1 Å². The van der Waals surface area contributed by atoms with Gasteiger partial charge in [-0.1, -0.05) is 5.57 Å². The molecule has 2 saturated heterocycles. The molecule has 0 aromatic rings. The Morgan fingerprint density at radius 2 is 1.73 bits per heavy atom. The molecule has 0 aromatic carbocycles. The molecular weight excluding hydrogens is 528 g/mol. The third kappa shape index (κ3) is 6.67. The molecule has 3 aliphatic heterocycles. The number of ether oxygens (including phenoxy) is 7. The van der Waals surface area contributed by atoms with Crippen LogP contribution in [0, 0.1) is 11.8 Å². The van der Waals surface area contributed by atoms with Crippen LogP contribution in [0.2, 0.25) is 0 Å². The van der Waals surface area contributed by atoms with Gasteiger partial charge in [0.15, 0.2) is 12.2 Å². The van der Waals surface area contributed by atoms with Crippen LogP contribution in [0.1, 0.15) is 60.8 Å². The average molecular weight is 567 g/mol. The third-order valence-corrected chi connectivity index (χ3v) is 7.69. The van der Waals surface area contributed by atoms with Crippen molar-refractivity contribution in [3.05, 3.63) is 23.5 Å². The summed E-state index contributed by atoms with van der Waals surface area (Å²) in [4.78, 5) is 48.4. The molecule has 0 amide bonds. The molecule has 12 heteroatoms. The fourth-order valence-electron chi connectivity index (χ4n) is 6.01. The average Bonchev–Trinajstić information content (AvgIpc) is 3.75. The first-order valence-electron chi connectivity index (χ1n) is 13.4. The zero-order valence-electron chi connectivity index (χ0n) is 23.7. The lowest BCUT2D eigenvalue weighted by molar-refractivity contribution is -0.226. The number of aliphatic hydroxyl groups is 1. The topological polar surface area (TPSA) is 160 Å². The Hall–Kier alpha value is -2.96. The molecular formula is C28H38O12. The van der Waals surface area contributed by atoms with Gasteiger partial charge >= 0.3 is 23.9 Å². The summed E-state index contributed by atoms with van der Waals surface area (Å²) in [6.07, 6.45) is -0.0529. The molecule has 1 saturated carbocycles. The smallest absolute Gasteiger partial charge is 0.305 e. The predicted octanol–water partition coefficient (Wildman–Crippen LogP) is 1.87. The SMILES string of the molecule is CC(=O)OCC1(O)CC2OC2C2(CCC3C(C(OC(C)=O)C(C=C(C)C)OC(C)=O)=COC(OC(C)=O)C31)CO2. The highest BCUT2D eigenvalue weighted by Gasteiger charge is 2.67. The van der Waals surface area contributed by atoms with E-state index in [2.05, 4.69) is 0 Å². The van der Waals surface area contributed by atoms with Gasteiger partial charge in [0, 0.05) is 39.7 Å². The van der Waals surface area contributed by atoms with E-state index in [1.54, 1.807) is 6.08 Å². The van der Waals surface area contributed by atoms with Gasteiger partial charge in [-0.2, -0.15) is 0 Å². The molecule has 1 spiro atoms. The van der Waals surface area contributed by atoms with Gasteiger partial charge in [-0.3, -0.25) is 19.2 Å². The lowest BCUT2D eigenvalue weighted by Crippen LogP contribution is -2.56. The maximum Gasteiger partial charge on any atom is 0.305 e. The number of allylic oxidation sites excluding steroid dienone is 1. The zero-order chi connectivity index (χ0) is 29.4. The lowest BCUT2D eigenvalue weighted by atomic mass is 9.69. The molecule has 0 radical (unpaired) electrons. The monoisotopic (exact) mass is 566 g/mol. The number of carbonyl (C=O) groups excluding carboxylic acids is 4. The van der Waals surface area contributed by atoms with Crippen LogP contribution in [0.25, 0.3) is 0 Å². The molecule has 3 heterocycles. The van der Waals surface area contributed by atoms with E-state index < -0.39 is 72.0 Å². The minimum Gasteiger partial charge on any atom is -0.463 e. The van der Waals surface area contributed by atoms with Crippen molar-refractivity contribution in [2.45, 2.75) is 103 Å². The number of fused-ring (bicyclic) bond motifs is 3. The summed E-state index contributed by atoms with van der Waals surface area (Å²) < 4.78 is 39.8. The Labute approximate surface area is 232 Å². The van der Waals surface area contributed by atoms with Crippen LogP contribution < -0.4 is 0 Å². The quantitative estimate of drug-likeness (QED) is 0.197. The number of epoxide rings is 2. The van der Waals surface area contributed by atoms with Crippen LogP contribution in [0.4, 0.5) is 0 Å². The second-order valence-corrected chi connectivity index (χ2v) is 11.3. The first-order chi connectivity index (χ1) is 18.7. The van der Waals surface area contributed by atoms with E-state index in [0.29, 0.717) is 25.0 Å². The standard InChI is InChI=1S/C28H38O12/c1-14(2)9-21(37-16(4)30)24(38-17(5)31)20-11-34-26(39-18(6)32)23-19(20)7-8-28(13-36-28)25-22(40-25)10-27(23,33)12-35-15(3)29/h9,11,19,21-26,33H,7-8,10,12-13H2,1-6H3. The van der Waals surface area contributed by atoms with E-state index in [-0.39, 0.29) is 18.6 Å². The Bertz CT molecular complexity index is 1090. The second kappa shape index (κ2) is 11.5. The van der Waals surface area contributed by atoms with E-state index in [1.807, 2.05) is 13.8 Å². The van der Waals surface area contributed by atoms with Crippen LogP contribution in [-0.2, 0) is 52.3 Å². The highest BCUT2D eigenvalue weighted by Crippen LogP contribution is 2.55. The van der Waals surface area contributed by atoms with Crippen LogP contribution in [0.5, 0.6) is 0 Å². The van der Waals surface area contributed by atoms with E-state index in [9.17, 15) is 24.3 Å². The summed E-state index contributed by atoms with van der Waals surface area (Å²) in [6.45, 7) is 8.62. The van der Waals surface area contributed by atoms with Gasteiger partial charge in [0.2, 0.25) is 6.29 Å². The van der Waals surface area contributed by atoms with E-state index in [1.165, 1.54) is 34.0 Å². The van der Waals surface area contributed by atoms with Crippen molar-refractivity contribution in [3.63, 3.8) is 0 Å². The van der Waals surface area contributed by atoms with E-state index in [4.69, 9.17) is 33.2 Å². The van der Waals surface area contributed by atoms with Crippen molar-refractivity contribution in [1.29, 1.82) is 0 Å². The Kier molecular flexibility index (Phi) is 8.63. The summed E-state index contributed by atoms with van der Waals surface area (Å²) in [6, 6.07) is 0. The molecule has 1 N–H and O–H groups in total. The van der Waals surface area contributed by atoms with E-state index in [0.717, 1.165) is 5.57 Å². The maximum atomic E-state index is 12.3. The van der Waals surface area contributed by atoms with Crippen molar-refractivity contribution in [2.24, 2.45) is 11.8 Å². The number of rotatable bonds is 8. The minimum absolute atomic E-state index is 0.0468. The number of hydrogen-bond donors (Lipinski definition) is 1. The summed E-state index contributed by atoms with van der Waals surface area (Å²) in [7, 11) is 0. The van der Waals surface area contributed by atoms with Crippen molar-refractivity contribution in [2.75, 3.05) is 13.2 Å².